The van der Waals surface area contributed by atoms with E-state index < -0.39 is 0 Å². The van der Waals surface area contributed by atoms with Crippen LogP contribution in [0, 0.1) is 0 Å². The zero-order chi connectivity index (χ0) is 14.2. The molecule has 1 fully saturated rings. The van der Waals surface area contributed by atoms with Crippen LogP contribution in [-0.4, -0.2) is 42.7 Å². The van der Waals surface area contributed by atoms with Crippen LogP contribution in [-0.2, 0) is 17.8 Å². The Morgan fingerprint density at radius 1 is 1.35 bits per heavy atom. The fourth-order valence-corrected chi connectivity index (χ4v) is 2.36. The van der Waals surface area contributed by atoms with Crippen LogP contribution >= 0.6 is 0 Å². The predicted molar refractivity (Wildman–Crippen MR) is 81.5 cm³/mol. The molecular formula is C16H27N3O. The lowest BCUT2D eigenvalue weighted by Gasteiger charge is -2.21. The molecule has 1 aliphatic rings. The number of aromatic nitrogens is 1. The van der Waals surface area contributed by atoms with Gasteiger partial charge in [0.15, 0.2) is 0 Å². The van der Waals surface area contributed by atoms with E-state index in [0.717, 1.165) is 50.9 Å². The fraction of sp³-hybridized carbons (Fsp3) is 0.688. The van der Waals surface area contributed by atoms with Gasteiger partial charge in [-0.25, -0.2) is 0 Å². The highest BCUT2D eigenvalue weighted by Crippen LogP contribution is 2.27. The van der Waals surface area contributed by atoms with Gasteiger partial charge in [0, 0.05) is 32.8 Å². The third-order valence-electron chi connectivity index (χ3n) is 3.61. The first-order valence-corrected chi connectivity index (χ1v) is 7.72. The van der Waals surface area contributed by atoms with E-state index in [2.05, 4.69) is 35.3 Å². The van der Waals surface area contributed by atoms with Gasteiger partial charge < -0.3 is 10.1 Å². The van der Waals surface area contributed by atoms with E-state index >= 15 is 0 Å². The standard InChI is InChI=1S/C16H27N3O/c1-3-9-17-12-14-5-4-6-15(18-14)13-19(10-11-20-2)16-7-8-16/h4-6,16-17H,3,7-13H2,1-2H3. The topological polar surface area (TPSA) is 37.4 Å². The summed E-state index contributed by atoms with van der Waals surface area (Å²) in [6, 6.07) is 7.09. The van der Waals surface area contributed by atoms with Crippen molar-refractivity contribution in [1.82, 2.24) is 15.2 Å². The fourth-order valence-electron chi connectivity index (χ4n) is 2.36. The van der Waals surface area contributed by atoms with Gasteiger partial charge in [0.05, 0.1) is 18.0 Å². The molecule has 0 amide bonds. The molecule has 1 heterocycles. The van der Waals surface area contributed by atoms with Crippen LogP contribution in [0.4, 0.5) is 0 Å². The van der Waals surface area contributed by atoms with Crippen LogP contribution in [0.15, 0.2) is 18.2 Å². The first kappa shape index (κ1) is 15.4. The van der Waals surface area contributed by atoms with E-state index in [1.54, 1.807) is 7.11 Å². The van der Waals surface area contributed by atoms with Crippen LogP contribution in [0.2, 0.25) is 0 Å². The molecule has 1 saturated carbocycles. The Hall–Kier alpha value is -0.970. The lowest BCUT2D eigenvalue weighted by atomic mass is 10.2. The molecule has 0 atom stereocenters. The second kappa shape index (κ2) is 8.35. The molecule has 0 spiro atoms. The van der Waals surface area contributed by atoms with Crippen LogP contribution in [0.25, 0.3) is 0 Å². The largest absolute Gasteiger partial charge is 0.383 e. The van der Waals surface area contributed by atoms with Crippen molar-refractivity contribution in [2.45, 2.75) is 45.3 Å². The normalized spacial score (nSPS) is 14.9. The zero-order valence-electron chi connectivity index (χ0n) is 12.8. The van der Waals surface area contributed by atoms with E-state index in [1.165, 1.54) is 18.5 Å². The molecule has 0 aromatic carbocycles. The molecule has 1 N–H and O–H groups in total. The number of pyridine rings is 1. The highest BCUT2D eigenvalue weighted by molar-refractivity contribution is 5.11. The SMILES string of the molecule is CCCNCc1cccc(CN(CCOC)C2CC2)n1. The first-order chi connectivity index (χ1) is 9.83. The van der Waals surface area contributed by atoms with Gasteiger partial charge in [-0.15, -0.1) is 0 Å². The van der Waals surface area contributed by atoms with Crippen molar-refractivity contribution >= 4 is 0 Å². The Labute approximate surface area is 122 Å². The average Bonchev–Trinajstić information content (AvgIpc) is 3.29. The molecule has 112 valence electrons. The summed E-state index contributed by atoms with van der Waals surface area (Å²) in [5.41, 5.74) is 2.31. The Kier molecular flexibility index (Phi) is 6.43. The molecule has 4 heteroatoms. The van der Waals surface area contributed by atoms with Gasteiger partial charge >= 0.3 is 0 Å². The molecule has 0 aliphatic heterocycles. The van der Waals surface area contributed by atoms with Crippen LogP contribution in [0.1, 0.15) is 37.6 Å². The van der Waals surface area contributed by atoms with Crippen molar-refractivity contribution < 1.29 is 4.74 Å². The smallest absolute Gasteiger partial charge is 0.0589 e. The van der Waals surface area contributed by atoms with Gasteiger partial charge in [-0.1, -0.05) is 13.0 Å². The van der Waals surface area contributed by atoms with E-state index in [0.29, 0.717) is 0 Å². The van der Waals surface area contributed by atoms with E-state index in [-0.39, 0.29) is 0 Å². The number of ether oxygens (including phenoxy) is 1. The molecular weight excluding hydrogens is 250 g/mol. The van der Waals surface area contributed by atoms with E-state index in [1.807, 2.05) is 0 Å². The van der Waals surface area contributed by atoms with Gasteiger partial charge in [-0.3, -0.25) is 9.88 Å². The predicted octanol–water partition coefficient (Wildman–Crippen LogP) is 2.19. The van der Waals surface area contributed by atoms with Crippen molar-refractivity contribution in [3.05, 3.63) is 29.6 Å². The third-order valence-corrected chi connectivity index (χ3v) is 3.61. The Bertz CT molecular complexity index is 393. The maximum Gasteiger partial charge on any atom is 0.0589 e. The Morgan fingerprint density at radius 3 is 2.85 bits per heavy atom. The molecule has 1 aliphatic carbocycles. The lowest BCUT2D eigenvalue weighted by molar-refractivity contribution is 0.139. The molecule has 0 bridgehead atoms. The monoisotopic (exact) mass is 277 g/mol. The average molecular weight is 277 g/mol. The summed E-state index contributed by atoms with van der Waals surface area (Å²) in [4.78, 5) is 7.25. The summed E-state index contributed by atoms with van der Waals surface area (Å²) < 4.78 is 5.21. The number of rotatable bonds is 10. The van der Waals surface area contributed by atoms with Crippen molar-refractivity contribution in [3.8, 4) is 0 Å². The van der Waals surface area contributed by atoms with Crippen molar-refractivity contribution in [3.63, 3.8) is 0 Å². The Balaban J connectivity index is 1.88. The first-order valence-electron chi connectivity index (χ1n) is 7.72. The summed E-state index contributed by atoms with van der Waals surface area (Å²) in [7, 11) is 1.77. The summed E-state index contributed by atoms with van der Waals surface area (Å²) in [6.07, 6.45) is 3.80. The van der Waals surface area contributed by atoms with Gasteiger partial charge in [0.2, 0.25) is 0 Å². The molecule has 0 unspecified atom stereocenters. The second-order valence-corrected chi connectivity index (χ2v) is 5.49. The number of nitrogens with one attached hydrogen (secondary N) is 1. The molecule has 1 aromatic heterocycles. The van der Waals surface area contributed by atoms with Crippen LogP contribution < -0.4 is 5.32 Å². The maximum absolute atomic E-state index is 5.21. The number of nitrogens with zero attached hydrogens (tertiary/aromatic N) is 2. The van der Waals surface area contributed by atoms with Gasteiger partial charge in [-0.2, -0.15) is 0 Å². The molecule has 2 rings (SSSR count). The summed E-state index contributed by atoms with van der Waals surface area (Å²) in [6.45, 7) is 6.84. The number of hydrogen-bond acceptors (Lipinski definition) is 4. The molecule has 0 radical (unpaired) electrons. The second-order valence-electron chi connectivity index (χ2n) is 5.49. The van der Waals surface area contributed by atoms with Crippen LogP contribution in [0.3, 0.4) is 0 Å². The minimum atomic E-state index is 0.744. The van der Waals surface area contributed by atoms with Crippen molar-refractivity contribution in [2.75, 3.05) is 26.8 Å². The molecule has 4 nitrogen and oxygen atoms in total. The minimum Gasteiger partial charge on any atom is -0.383 e. The van der Waals surface area contributed by atoms with Gasteiger partial charge in [0.25, 0.3) is 0 Å². The highest BCUT2D eigenvalue weighted by Gasteiger charge is 2.28. The summed E-state index contributed by atoms with van der Waals surface area (Å²) >= 11 is 0. The maximum atomic E-state index is 5.21. The molecule has 0 saturated heterocycles. The minimum absolute atomic E-state index is 0.744. The summed E-state index contributed by atoms with van der Waals surface area (Å²) in [5.74, 6) is 0. The van der Waals surface area contributed by atoms with Crippen molar-refractivity contribution in [2.24, 2.45) is 0 Å². The summed E-state index contributed by atoms with van der Waals surface area (Å²) in [5, 5.41) is 3.41. The number of hydrogen-bond donors (Lipinski definition) is 1. The van der Waals surface area contributed by atoms with Crippen molar-refractivity contribution in [1.29, 1.82) is 0 Å². The Morgan fingerprint density at radius 2 is 2.15 bits per heavy atom. The van der Waals surface area contributed by atoms with Crippen LogP contribution in [0.5, 0.6) is 0 Å². The van der Waals surface area contributed by atoms with E-state index in [4.69, 9.17) is 9.72 Å². The van der Waals surface area contributed by atoms with E-state index in [9.17, 15) is 0 Å². The molecule has 20 heavy (non-hydrogen) atoms. The van der Waals surface area contributed by atoms with Gasteiger partial charge in [-0.05, 0) is 37.9 Å². The lowest BCUT2D eigenvalue weighted by Crippen LogP contribution is -2.29. The number of methoxy groups -OCH3 is 1. The molecule has 1 aromatic rings. The quantitative estimate of drug-likeness (QED) is 0.665. The highest BCUT2D eigenvalue weighted by atomic mass is 16.5. The third kappa shape index (κ3) is 5.19. The van der Waals surface area contributed by atoms with Gasteiger partial charge in [0.1, 0.15) is 0 Å². The zero-order valence-corrected chi connectivity index (χ0v) is 12.8.